The van der Waals surface area contributed by atoms with E-state index in [1.807, 2.05) is 13.8 Å². The van der Waals surface area contributed by atoms with E-state index in [4.69, 9.17) is 4.74 Å². The number of hydrogen-bond acceptors (Lipinski definition) is 2. The Hall–Kier alpha value is -0.0800. The average molecular weight is 185 g/mol. The predicted octanol–water partition coefficient (Wildman–Crippen LogP) is 2.19. The van der Waals surface area contributed by atoms with Crippen LogP contribution in [0, 0.1) is 5.41 Å². The van der Waals surface area contributed by atoms with E-state index in [0.717, 1.165) is 13.2 Å². The highest BCUT2D eigenvalue weighted by Crippen LogP contribution is 2.36. The molecular formula is C11H23NO. The number of rotatable bonds is 0. The van der Waals surface area contributed by atoms with Crippen molar-refractivity contribution >= 4 is 0 Å². The van der Waals surface area contributed by atoms with Crippen molar-refractivity contribution in [3.63, 3.8) is 0 Å². The zero-order valence-corrected chi connectivity index (χ0v) is 9.23. The first-order chi connectivity index (χ1) is 6.31. The summed E-state index contributed by atoms with van der Waals surface area (Å²) in [5.41, 5.74) is 0.512. The van der Waals surface area contributed by atoms with Crippen molar-refractivity contribution in [2.75, 3.05) is 19.8 Å². The van der Waals surface area contributed by atoms with Crippen LogP contribution in [-0.2, 0) is 4.74 Å². The highest BCUT2D eigenvalue weighted by Gasteiger charge is 2.38. The monoisotopic (exact) mass is 185 g/mol. The van der Waals surface area contributed by atoms with Gasteiger partial charge in [0.2, 0.25) is 0 Å². The Morgan fingerprint density at radius 1 is 1.38 bits per heavy atom. The van der Waals surface area contributed by atoms with Crippen LogP contribution in [-0.4, -0.2) is 25.8 Å². The zero-order valence-electron chi connectivity index (χ0n) is 9.23. The van der Waals surface area contributed by atoms with Crippen LogP contribution in [0.2, 0.25) is 0 Å². The van der Waals surface area contributed by atoms with Gasteiger partial charge in [-0.3, -0.25) is 0 Å². The quantitative estimate of drug-likeness (QED) is 0.624. The van der Waals surface area contributed by atoms with Gasteiger partial charge < -0.3 is 10.1 Å². The molecule has 0 aromatic heterocycles. The Labute approximate surface area is 82.0 Å². The lowest BCUT2D eigenvalue weighted by atomic mass is 9.81. The highest BCUT2D eigenvalue weighted by atomic mass is 16.5. The van der Waals surface area contributed by atoms with Crippen LogP contribution in [0.15, 0.2) is 0 Å². The van der Waals surface area contributed by atoms with Crippen LogP contribution in [0.1, 0.15) is 40.0 Å². The largest absolute Gasteiger partial charge is 0.381 e. The second-order valence-electron chi connectivity index (χ2n) is 4.14. The molecule has 2 heterocycles. The van der Waals surface area contributed by atoms with Crippen LogP contribution in [0.25, 0.3) is 0 Å². The van der Waals surface area contributed by atoms with E-state index in [2.05, 4.69) is 12.2 Å². The van der Waals surface area contributed by atoms with Crippen LogP contribution >= 0.6 is 0 Å². The smallest absolute Gasteiger partial charge is 0.0535 e. The minimum absolute atomic E-state index is 0.512. The molecule has 0 saturated carbocycles. The number of nitrogens with one attached hydrogen (secondary N) is 1. The fourth-order valence-electron chi connectivity index (χ4n) is 2.40. The second-order valence-corrected chi connectivity index (χ2v) is 4.14. The number of ether oxygens (including phenoxy) is 1. The summed E-state index contributed by atoms with van der Waals surface area (Å²) in [4.78, 5) is 0. The normalized spacial score (nSPS) is 38.5. The molecule has 0 amide bonds. The first kappa shape index (κ1) is 11.0. The molecule has 2 nitrogen and oxygen atoms in total. The van der Waals surface area contributed by atoms with Gasteiger partial charge in [-0.2, -0.15) is 0 Å². The summed E-state index contributed by atoms with van der Waals surface area (Å²) in [5.74, 6) is 0. The molecule has 1 N–H and O–H groups in total. The fourth-order valence-corrected chi connectivity index (χ4v) is 2.40. The molecule has 1 spiro atoms. The number of hydrogen-bond donors (Lipinski definition) is 1. The van der Waals surface area contributed by atoms with Crippen molar-refractivity contribution in [2.45, 2.75) is 46.1 Å². The second kappa shape index (κ2) is 4.97. The summed E-state index contributed by atoms with van der Waals surface area (Å²) in [6.07, 6.45) is 3.94. The summed E-state index contributed by atoms with van der Waals surface area (Å²) in [6.45, 7) is 9.41. The molecule has 2 atom stereocenters. The maximum Gasteiger partial charge on any atom is 0.0535 e. The lowest BCUT2D eigenvalue weighted by molar-refractivity contribution is 0.00238. The Kier molecular flexibility index (Phi) is 4.20. The molecule has 2 heteroatoms. The molecule has 2 aliphatic rings. The maximum atomic E-state index is 5.52. The van der Waals surface area contributed by atoms with Gasteiger partial charge in [-0.05, 0) is 26.2 Å². The van der Waals surface area contributed by atoms with Crippen molar-refractivity contribution in [3.05, 3.63) is 0 Å². The predicted molar refractivity (Wildman–Crippen MR) is 55.9 cm³/mol. The third-order valence-corrected chi connectivity index (χ3v) is 2.97. The van der Waals surface area contributed by atoms with Gasteiger partial charge in [0.25, 0.3) is 0 Å². The van der Waals surface area contributed by atoms with Gasteiger partial charge in [0, 0.05) is 24.6 Å². The van der Waals surface area contributed by atoms with Gasteiger partial charge in [0.15, 0.2) is 0 Å². The molecule has 0 aromatic carbocycles. The molecule has 2 aliphatic heterocycles. The average Bonchev–Trinajstić information content (AvgIpc) is 2.52. The van der Waals surface area contributed by atoms with Crippen molar-refractivity contribution in [2.24, 2.45) is 5.41 Å². The van der Waals surface area contributed by atoms with Crippen molar-refractivity contribution < 1.29 is 4.74 Å². The van der Waals surface area contributed by atoms with Crippen LogP contribution in [0.3, 0.4) is 0 Å². The first-order valence-corrected chi connectivity index (χ1v) is 5.62. The van der Waals surface area contributed by atoms with Crippen molar-refractivity contribution in [1.29, 1.82) is 0 Å². The third-order valence-electron chi connectivity index (χ3n) is 2.97. The third kappa shape index (κ3) is 2.68. The van der Waals surface area contributed by atoms with E-state index in [1.165, 1.54) is 25.8 Å². The van der Waals surface area contributed by atoms with Gasteiger partial charge in [-0.25, -0.2) is 0 Å². The summed E-state index contributed by atoms with van der Waals surface area (Å²) in [5, 5.41) is 3.50. The van der Waals surface area contributed by atoms with Crippen LogP contribution in [0.4, 0.5) is 0 Å². The Balaban J connectivity index is 0.000000396. The van der Waals surface area contributed by atoms with Crippen molar-refractivity contribution in [1.82, 2.24) is 5.32 Å². The van der Waals surface area contributed by atoms with E-state index in [-0.39, 0.29) is 0 Å². The summed E-state index contributed by atoms with van der Waals surface area (Å²) >= 11 is 0. The Morgan fingerprint density at radius 2 is 2.15 bits per heavy atom. The van der Waals surface area contributed by atoms with Gasteiger partial charge in [0.05, 0.1) is 6.61 Å². The lowest BCUT2D eigenvalue weighted by Crippen LogP contribution is -2.33. The summed E-state index contributed by atoms with van der Waals surface area (Å²) in [7, 11) is 0. The summed E-state index contributed by atoms with van der Waals surface area (Å²) < 4.78 is 5.52. The molecule has 2 saturated heterocycles. The molecule has 2 fully saturated rings. The topological polar surface area (TPSA) is 21.3 Å². The minimum Gasteiger partial charge on any atom is -0.381 e. The van der Waals surface area contributed by atoms with E-state index in [1.54, 1.807) is 0 Å². The summed E-state index contributed by atoms with van der Waals surface area (Å²) in [6, 6.07) is 0.705. The lowest BCUT2D eigenvalue weighted by Gasteiger charge is -2.32. The SMILES string of the molecule is CC.CC1CC2(CCCOC2)CN1. The molecule has 0 aromatic rings. The maximum absolute atomic E-state index is 5.52. The molecule has 2 unspecified atom stereocenters. The molecule has 0 aliphatic carbocycles. The minimum atomic E-state index is 0.512. The van der Waals surface area contributed by atoms with Gasteiger partial charge >= 0.3 is 0 Å². The Bertz CT molecular complexity index is 136. The van der Waals surface area contributed by atoms with E-state index < -0.39 is 0 Å². The molecule has 13 heavy (non-hydrogen) atoms. The van der Waals surface area contributed by atoms with Gasteiger partial charge in [-0.15, -0.1) is 0 Å². The standard InChI is InChI=1S/C9H17NO.C2H6/c1-8-5-9(6-10-8)3-2-4-11-7-9;1-2/h8,10H,2-7H2,1H3;1-2H3. The van der Waals surface area contributed by atoms with E-state index in [9.17, 15) is 0 Å². The molecule has 0 bridgehead atoms. The van der Waals surface area contributed by atoms with Crippen molar-refractivity contribution in [3.8, 4) is 0 Å². The fraction of sp³-hybridized carbons (Fsp3) is 1.00. The Morgan fingerprint density at radius 3 is 2.62 bits per heavy atom. The van der Waals surface area contributed by atoms with Crippen LogP contribution in [0.5, 0.6) is 0 Å². The van der Waals surface area contributed by atoms with Gasteiger partial charge in [0.1, 0.15) is 0 Å². The van der Waals surface area contributed by atoms with Crippen LogP contribution < -0.4 is 5.32 Å². The highest BCUT2D eigenvalue weighted by molar-refractivity contribution is 4.93. The zero-order chi connectivity index (χ0) is 9.73. The van der Waals surface area contributed by atoms with Gasteiger partial charge in [-0.1, -0.05) is 13.8 Å². The first-order valence-electron chi connectivity index (χ1n) is 5.62. The molecule has 0 radical (unpaired) electrons. The van der Waals surface area contributed by atoms with E-state index >= 15 is 0 Å². The van der Waals surface area contributed by atoms with E-state index in [0.29, 0.717) is 11.5 Å². The molecular weight excluding hydrogens is 162 g/mol. The molecule has 2 rings (SSSR count). The molecule has 78 valence electrons.